The monoisotopic (exact) mass is 132 g/mol. The molecule has 0 aromatic carbocycles. The summed E-state index contributed by atoms with van der Waals surface area (Å²) in [6.07, 6.45) is -0.115. The van der Waals surface area contributed by atoms with Crippen molar-refractivity contribution < 1.29 is 0 Å². The molecule has 0 fully saturated rings. The third-order valence-corrected chi connectivity index (χ3v) is 0.956. The first-order chi connectivity index (χ1) is 4.16. The molecular weight excluding hydrogens is 116 g/mol. The Kier molecular flexibility index (Phi) is 4.61. The van der Waals surface area contributed by atoms with Crippen LogP contribution < -0.4 is 22.5 Å². The van der Waals surface area contributed by atoms with Gasteiger partial charge in [0.25, 0.3) is 0 Å². The lowest BCUT2D eigenvalue weighted by Gasteiger charge is -2.12. The molecule has 4 heteroatoms. The third kappa shape index (κ3) is 5.72. The highest BCUT2D eigenvalue weighted by Gasteiger charge is 1.97. The van der Waals surface area contributed by atoms with E-state index in [0.717, 1.165) is 6.54 Å². The SMILES string of the molecule is CC(N)CNC(N)CN. The predicted octanol–water partition coefficient (Wildman–Crippen LogP) is -1.83. The summed E-state index contributed by atoms with van der Waals surface area (Å²) >= 11 is 0. The van der Waals surface area contributed by atoms with Gasteiger partial charge in [-0.25, -0.2) is 0 Å². The molecule has 0 aliphatic rings. The lowest BCUT2D eigenvalue weighted by atomic mass is 10.3. The van der Waals surface area contributed by atoms with Crippen LogP contribution in [0.4, 0.5) is 0 Å². The van der Waals surface area contributed by atoms with Gasteiger partial charge >= 0.3 is 0 Å². The second-order valence-corrected chi connectivity index (χ2v) is 2.23. The Bertz CT molecular complexity index is 64.0. The van der Waals surface area contributed by atoms with E-state index >= 15 is 0 Å². The molecule has 4 nitrogen and oxygen atoms in total. The quantitative estimate of drug-likeness (QED) is 0.339. The minimum atomic E-state index is -0.115. The highest BCUT2D eigenvalue weighted by molar-refractivity contribution is 4.63. The van der Waals surface area contributed by atoms with Crippen molar-refractivity contribution in [1.29, 1.82) is 0 Å². The van der Waals surface area contributed by atoms with Gasteiger partial charge in [-0.15, -0.1) is 0 Å². The zero-order valence-corrected chi connectivity index (χ0v) is 5.80. The summed E-state index contributed by atoms with van der Waals surface area (Å²) in [5.41, 5.74) is 16.1. The number of nitrogens with two attached hydrogens (primary N) is 3. The smallest absolute Gasteiger partial charge is 0.0673 e. The summed E-state index contributed by atoms with van der Waals surface area (Å²) < 4.78 is 0. The molecule has 56 valence electrons. The van der Waals surface area contributed by atoms with E-state index in [4.69, 9.17) is 17.2 Å². The van der Waals surface area contributed by atoms with E-state index in [9.17, 15) is 0 Å². The summed E-state index contributed by atoms with van der Waals surface area (Å²) in [5, 5.41) is 2.96. The summed E-state index contributed by atoms with van der Waals surface area (Å²) in [6, 6.07) is 0.141. The van der Waals surface area contributed by atoms with Crippen molar-refractivity contribution in [3.05, 3.63) is 0 Å². The zero-order chi connectivity index (χ0) is 7.28. The summed E-state index contributed by atoms with van der Waals surface area (Å²) in [7, 11) is 0. The maximum absolute atomic E-state index is 5.44. The van der Waals surface area contributed by atoms with Gasteiger partial charge in [-0.05, 0) is 6.92 Å². The van der Waals surface area contributed by atoms with Gasteiger partial charge in [0.1, 0.15) is 0 Å². The minimum absolute atomic E-state index is 0.115. The van der Waals surface area contributed by atoms with E-state index < -0.39 is 0 Å². The van der Waals surface area contributed by atoms with Gasteiger partial charge < -0.3 is 17.2 Å². The van der Waals surface area contributed by atoms with E-state index in [0.29, 0.717) is 6.54 Å². The molecule has 0 radical (unpaired) electrons. The Balaban J connectivity index is 3.06. The summed E-state index contributed by atoms with van der Waals surface area (Å²) in [6.45, 7) is 3.08. The van der Waals surface area contributed by atoms with Crippen LogP contribution >= 0.6 is 0 Å². The lowest BCUT2D eigenvalue weighted by molar-refractivity contribution is 0.507. The van der Waals surface area contributed by atoms with Crippen LogP contribution in [0, 0.1) is 0 Å². The van der Waals surface area contributed by atoms with Crippen LogP contribution in [-0.2, 0) is 0 Å². The standard InChI is InChI=1S/C5H16N4/c1-4(7)3-9-5(8)2-6/h4-5,9H,2-3,6-8H2,1H3. The fourth-order valence-electron chi connectivity index (χ4n) is 0.421. The Morgan fingerprint density at radius 3 is 2.33 bits per heavy atom. The van der Waals surface area contributed by atoms with Crippen LogP contribution in [0.3, 0.4) is 0 Å². The van der Waals surface area contributed by atoms with Crippen LogP contribution in [0.25, 0.3) is 0 Å². The van der Waals surface area contributed by atoms with Crippen molar-refractivity contribution in [3.63, 3.8) is 0 Å². The molecule has 7 N–H and O–H groups in total. The Morgan fingerprint density at radius 2 is 2.00 bits per heavy atom. The van der Waals surface area contributed by atoms with Gasteiger partial charge in [-0.2, -0.15) is 0 Å². The number of nitrogens with one attached hydrogen (secondary N) is 1. The van der Waals surface area contributed by atoms with Crippen LogP contribution in [0.1, 0.15) is 6.92 Å². The second kappa shape index (κ2) is 4.69. The average Bonchev–Trinajstić information content (AvgIpc) is 1.83. The highest BCUT2D eigenvalue weighted by Crippen LogP contribution is 1.70. The van der Waals surface area contributed by atoms with Crippen molar-refractivity contribution >= 4 is 0 Å². The van der Waals surface area contributed by atoms with Crippen molar-refractivity contribution in [2.75, 3.05) is 13.1 Å². The van der Waals surface area contributed by atoms with Gasteiger partial charge in [0.05, 0.1) is 6.17 Å². The first-order valence-corrected chi connectivity index (χ1v) is 3.11. The average molecular weight is 132 g/mol. The molecule has 0 aromatic rings. The normalized spacial score (nSPS) is 17.3. The van der Waals surface area contributed by atoms with Crippen molar-refractivity contribution in [2.24, 2.45) is 17.2 Å². The summed E-state index contributed by atoms with van der Waals surface area (Å²) in [5.74, 6) is 0. The van der Waals surface area contributed by atoms with Gasteiger partial charge in [0, 0.05) is 19.1 Å². The predicted molar refractivity (Wildman–Crippen MR) is 38.7 cm³/mol. The Morgan fingerprint density at radius 1 is 1.44 bits per heavy atom. The number of hydrogen-bond donors (Lipinski definition) is 4. The van der Waals surface area contributed by atoms with E-state index in [1.54, 1.807) is 0 Å². The molecule has 0 aliphatic heterocycles. The molecule has 0 saturated carbocycles. The highest BCUT2D eigenvalue weighted by atomic mass is 15.0. The van der Waals surface area contributed by atoms with Crippen molar-refractivity contribution in [1.82, 2.24) is 5.32 Å². The fourth-order valence-corrected chi connectivity index (χ4v) is 0.421. The maximum Gasteiger partial charge on any atom is 0.0673 e. The molecule has 9 heavy (non-hydrogen) atoms. The van der Waals surface area contributed by atoms with E-state index in [-0.39, 0.29) is 12.2 Å². The van der Waals surface area contributed by atoms with Crippen LogP contribution in [0.2, 0.25) is 0 Å². The van der Waals surface area contributed by atoms with Gasteiger partial charge in [-0.3, -0.25) is 5.32 Å². The zero-order valence-electron chi connectivity index (χ0n) is 5.80. The fraction of sp³-hybridized carbons (Fsp3) is 1.00. The van der Waals surface area contributed by atoms with E-state index in [2.05, 4.69) is 5.32 Å². The third-order valence-electron chi connectivity index (χ3n) is 0.956. The first-order valence-electron chi connectivity index (χ1n) is 3.11. The first kappa shape index (κ1) is 8.84. The van der Waals surface area contributed by atoms with E-state index in [1.165, 1.54) is 0 Å². The lowest BCUT2D eigenvalue weighted by Crippen LogP contribution is -2.47. The second-order valence-electron chi connectivity index (χ2n) is 2.23. The molecule has 0 heterocycles. The molecule has 2 atom stereocenters. The molecule has 0 aliphatic carbocycles. The van der Waals surface area contributed by atoms with Crippen LogP contribution in [0.5, 0.6) is 0 Å². The van der Waals surface area contributed by atoms with Crippen molar-refractivity contribution in [3.8, 4) is 0 Å². The van der Waals surface area contributed by atoms with Crippen LogP contribution in [0.15, 0.2) is 0 Å². The molecule has 0 rings (SSSR count). The molecule has 0 amide bonds. The Labute approximate surface area is 55.8 Å². The topological polar surface area (TPSA) is 90.1 Å². The van der Waals surface area contributed by atoms with Gasteiger partial charge in [-0.1, -0.05) is 0 Å². The number of hydrogen-bond acceptors (Lipinski definition) is 4. The molecule has 0 bridgehead atoms. The van der Waals surface area contributed by atoms with Gasteiger partial charge in [0.15, 0.2) is 0 Å². The largest absolute Gasteiger partial charge is 0.328 e. The molecule has 0 spiro atoms. The van der Waals surface area contributed by atoms with Crippen molar-refractivity contribution in [2.45, 2.75) is 19.1 Å². The Hall–Kier alpha value is -0.160. The maximum atomic E-state index is 5.44. The van der Waals surface area contributed by atoms with Crippen LogP contribution in [-0.4, -0.2) is 25.3 Å². The van der Waals surface area contributed by atoms with Gasteiger partial charge in [0.2, 0.25) is 0 Å². The molecular formula is C5H16N4. The summed E-state index contributed by atoms with van der Waals surface area (Å²) in [4.78, 5) is 0. The minimum Gasteiger partial charge on any atom is -0.328 e. The number of rotatable bonds is 4. The van der Waals surface area contributed by atoms with E-state index in [1.807, 2.05) is 6.92 Å². The molecule has 2 unspecified atom stereocenters. The molecule has 0 saturated heterocycles. The molecule has 0 aromatic heterocycles.